The summed E-state index contributed by atoms with van der Waals surface area (Å²) in [5.74, 6) is 0.818. The van der Waals surface area contributed by atoms with Gasteiger partial charge in [0.2, 0.25) is 0 Å². The van der Waals surface area contributed by atoms with Crippen molar-refractivity contribution in [3.8, 4) is 0 Å². The monoisotopic (exact) mass is 260 g/mol. The van der Waals surface area contributed by atoms with Gasteiger partial charge in [0, 0.05) is 18.7 Å². The lowest BCUT2D eigenvalue weighted by atomic mass is 10.1. The molecule has 0 unspecified atom stereocenters. The minimum absolute atomic E-state index is 0.0362. The van der Waals surface area contributed by atoms with Gasteiger partial charge in [0.05, 0.1) is 5.56 Å². The summed E-state index contributed by atoms with van der Waals surface area (Å²) in [4.78, 5) is 6.62. The van der Waals surface area contributed by atoms with E-state index in [1.54, 1.807) is 4.52 Å². The third kappa shape index (κ3) is 2.58. The van der Waals surface area contributed by atoms with E-state index in [1.165, 1.54) is 0 Å². The number of fused-ring (bicyclic) bond motifs is 1. The zero-order valence-electron chi connectivity index (χ0n) is 11.9. The summed E-state index contributed by atoms with van der Waals surface area (Å²) < 4.78 is 1.77. The Labute approximate surface area is 112 Å². The fraction of sp³-hybridized carbons (Fsp3) is 0.462. The van der Waals surface area contributed by atoms with E-state index >= 15 is 0 Å². The van der Waals surface area contributed by atoms with Crippen LogP contribution in [-0.4, -0.2) is 46.0 Å². The molecule has 0 aliphatic carbocycles. The molecule has 102 valence electrons. The second kappa shape index (κ2) is 4.97. The Morgan fingerprint density at radius 3 is 2.68 bits per heavy atom. The first-order valence-electron chi connectivity index (χ1n) is 6.25. The van der Waals surface area contributed by atoms with Crippen LogP contribution in [0, 0.1) is 19.3 Å². The molecule has 0 aliphatic rings. The molecule has 0 aliphatic heterocycles. The molecule has 0 amide bonds. The van der Waals surface area contributed by atoms with Crippen LogP contribution < -0.4 is 5.73 Å². The molecular weight excluding hydrogens is 240 g/mol. The van der Waals surface area contributed by atoms with Crippen LogP contribution in [0.3, 0.4) is 0 Å². The van der Waals surface area contributed by atoms with Gasteiger partial charge in [-0.15, -0.1) is 0 Å². The Morgan fingerprint density at radius 1 is 1.42 bits per heavy atom. The van der Waals surface area contributed by atoms with E-state index in [-0.39, 0.29) is 5.84 Å². The minimum Gasteiger partial charge on any atom is -0.384 e. The van der Waals surface area contributed by atoms with Gasteiger partial charge >= 0.3 is 0 Å². The summed E-state index contributed by atoms with van der Waals surface area (Å²) in [7, 11) is 4.04. The lowest BCUT2D eigenvalue weighted by Crippen LogP contribution is -2.15. The van der Waals surface area contributed by atoms with Crippen molar-refractivity contribution in [1.29, 1.82) is 5.41 Å². The number of nitrogen functional groups attached to an aromatic ring is 1. The fourth-order valence-electron chi connectivity index (χ4n) is 2.15. The Kier molecular flexibility index (Phi) is 3.53. The van der Waals surface area contributed by atoms with Crippen molar-refractivity contribution in [3.63, 3.8) is 0 Å². The predicted octanol–water partition coefficient (Wildman–Crippen LogP) is 0.734. The standard InChI is InChI=1S/C13H20N6/c1-8-7-9(2)19-13(11(8)12(14)15)16-10(17-19)5-6-18(3)4/h7H,5-6H2,1-4H3,(H3,14,15). The second-order valence-electron chi connectivity index (χ2n) is 5.07. The normalized spacial score (nSPS) is 11.4. The van der Waals surface area contributed by atoms with Crippen LogP contribution in [0.1, 0.15) is 22.6 Å². The van der Waals surface area contributed by atoms with Gasteiger partial charge < -0.3 is 10.6 Å². The highest BCUT2D eigenvalue weighted by molar-refractivity contribution is 6.01. The topological polar surface area (TPSA) is 83.3 Å². The van der Waals surface area contributed by atoms with E-state index in [0.29, 0.717) is 11.2 Å². The van der Waals surface area contributed by atoms with Crippen LogP contribution in [0.5, 0.6) is 0 Å². The number of hydrogen-bond acceptors (Lipinski definition) is 4. The maximum Gasteiger partial charge on any atom is 0.167 e. The fourth-order valence-corrected chi connectivity index (χ4v) is 2.15. The van der Waals surface area contributed by atoms with E-state index in [9.17, 15) is 0 Å². The first-order chi connectivity index (χ1) is 8.90. The number of amidine groups is 1. The van der Waals surface area contributed by atoms with E-state index in [0.717, 1.165) is 30.0 Å². The number of nitrogens with zero attached hydrogens (tertiary/aromatic N) is 4. The molecule has 0 bridgehead atoms. The van der Waals surface area contributed by atoms with Crippen LogP contribution in [0.2, 0.25) is 0 Å². The zero-order chi connectivity index (χ0) is 14.2. The van der Waals surface area contributed by atoms with Crippen molar-refractivity contribution in [2.75, 3.05) is 20.6 Å². The number of rotatable bonds is 4. The van der Waals surface area contributed by atoms with Crippen molar-refractivity contribution < 1.29 is 0 Å². The summed E-state index contributed by atoms with van der Waals surface area (Å²) in [6.07, 6.45) is 0.782. The SMILES string of the molecule is Cc1cc(C)n2nc(CCN(C)C)nc2c1C(=N)N. The molecule has 19 heavy (non-hydrogen) atoms. The number of aromatic nitrogens is 3. The Hall–Kier alpha value is -1.95. The lowest BCUT2D eigenvalue weighted by Gasteiger charge is -2.07. The molecule has 0 fully saturated rings. The summed E-state index contributed by atoms with van der Waals surface area (Å²) in [5, 5.41) is 12.2. The van der Waals surface area contributed by atoms with Gasteiger partial charge in [-0.3, -0.25) is 5.41 Å². The first-order valence-corrected chi connectivity index (χ1v) is 6.25. The summed E-state index contributed by atoms with van der Waals surface area (Å²) >= 11 is 0. The van der Waals surface area contributed by atoms with Gasteiger partial charge in [-0.1, -0.05) is 0 Å². The Bertz CT molecular complexity index is 626. The average molecular weight is 260 g/mol. The van der Waals surface area contributed by atoms with E-state index in [4.69, 9.17) is 11.1 Å². The van der Waals surface area contributed by atoms with Crippen molar-refractivity contribution in [2.45, 2.75) is 20.3 Å². The third-order valence-electron chi connectivity index (χ3n) is 3.08. The number of pyridine rings is 1. The number of likely N-dealkylation sites (N-methyl/N-ethyl adjacent to an activating group) is 1. The average Bonchev–Trinajstić information content (AvgIpc) is 2.69. The molecular formula is C13H20N6. The summed E-state index contributed by atoms with van der Waals surface area (Å²) in [5.41, 5.74) is 8.97. The van der Waals surface area contributed by atoms with Gasteiger partial charge in [-0.25, -0.2) is 9.50 Å². The molecule has 6 nitrogen and oxygen atoms in total. The van der Waals surface area contributed by atoms with Crippen molar-refractivity contribution in [2.24, 2.45) is 5.73 Å². The minimum atomic E-state index is 0.0362. The van der Waals surface area contributed by atoms with Gasteiger partial charge in [0.15, 0.2) is 11.5 Å². The second-order valence-corrected chi connectivity index (χ2v) is 5.07. The molecule has 6 heteroatoms. The van der Waals surface area contributed by atoms with E-state index < -0.39 is 0 Å². The molecule has 0 spiro atoms. The van der Waals surface area contributed by atoms with Gasteiger partial charge in [-0.05, 0) is 39.6 Å². The van der Waals surface area contributed by atoms with Gasteiger partial charge in [0.1, 0.15) is 5.84 Å². The van der Waals surface area contributed by atoms with Crippen molar-refractivity contribution in [1.82, 2.24) is 19.5 Å². The number of nitrogens with one attached hydrogen (secondary N) is 1. The highest BCUT2D eigenvalue weighted by Gasteiger charge is 2.14. The zero-order valence-corrected chi connectivity index (χ0v) is 11.9. The molecule has 0 atom stereocenters. The van der Waals surface area contributed by atoms with Crippen LogP contribution >= 0.6 is 0 Å². The Balaban J connectivity index is 2.54. The smallest absolute Gasteiger partial charge is 0.167 e. The molecule has 2 heterocycles. The number of nitrogens with two attached hydrogens (primary N) is 1. The first kappa shape index (κ1) is 13.5. The molecule has 2 aromatic rings. The van der Waals surface area contributed by atoms with E-state index in [1.807, 2.05) is 34.0 Å². The van der Waals surface area contributed by atoms with Crippen LogP contribution in [0.4, 0.5) is 0 Å². The summed E-state index contributed by atoms with van der Waals surface area (Å²) in [6.45, 7) is 4.82. The molecule has 0 radical (unpaired) electrons. The highest BCUT2D eigenvalue weighted by Crippen LogP contribution is 2.16. The van der Waals surface area contributed by atoms with Gasteiger partial charge in [0.25, 0.3) is 0 Å². The molecule has 2 rings (SSSR count). The lowest BCUT2D eigenvalue weighted by molar-refractivity contribution is 0.409. The van der Waals surface area contributed by atoms with Crippen LogP contribution in [0.25, 0.3) is 5.65 Å². The molecule has 3 N–H and O–H groups in total. The van der Waals surface area contributed by atoms with Crippen LogP contribution in [-0.2, 0) is 6.42 Å². The number of aryl methyl sites for hydroxylation is 2. The maximum atomic E-state index is 7.70. The maximum absolute atomic E-state index is 7.70. The van der Waals surface area contributed by atoms with Crippen molar-refractivity contribution in [3.05, 3.63) is 28.7 Å². The van der Waals surface area contributed by atoms with Gasteiger partial charge in [-0.2, -0.15) is 5.10 Å². The molecule has 0 saturated heterocycles. The largest absolute Gasteiger partial charge is 0.384 e. The predicted molar refractivity (Wildman–Crippen MR) is 75.7 cm³/mol. The quantitative estimate of drug-likeness (QED) is 0.627. The highest BCUT2D eigenvalue weighted by atomic mass is 15.3. The van der Waals surface area contributed by atoms with Crippen molar-refractivity contribution >= 4 is 11.5 Å². The third-order valence-corrected chi connectivity index (χ3v) is 3.08. The number of hydrogen-bond donors (Lipinski definition) is 2. The molecule has 0 saturated carbocycles. The van der Waals surface area contributed by atoms with Crippen LogP contribution in [0.15, 0.2) is 6.07 Å². The molecule has 2 aromatic heterocycles. The van der Waals surface area contributed by atoms with E-state index in [2.05, 4.69) is 15.0 Å². The molecule has 0 aromatic carbocycles. The Morgan fingerprint density at radius 2 is 2.11 bits per heavy atom. The summed E-state index contributed by atoms with van der Waals surface area (Å²) in [6, 6.07) is 1.98.